The summed E-state index contributed by atoms with van der Waals surface area (Å²) >= 11 is 1.96. The van der Waals surface area contributed by atoms with Crippen LogP contribution in [0.15, 0.2) is 47.4 Å². The molecule has 0 radical (unpaired) electrons. The third-order valence-electron chi connectivity index (χ3n) is 4.80. The molecule has 2 aromatic rings. The molecular formula is C20H25NOS. The van der Waals surface area contributed by atoms with Gasteiger partial charge < -0.3 is 9.64 Å². The van der Waals surface area contributed by atoms with Gasteiger partial charge in [-0.05, 0) is 48.6 Å². The molecule has 0 spiro atoms. The number of aryl methyl sites for hydroxylation is 1. The maximum atomic E-state index is 5.54. The molecule has 1 heterocycles. The number of nitrogens with zero attached hydrogens (tertiary/aromatic N) is 1. The normalized spacial score (nSPS) is 20.8. The first kappa shape index (κ1) is 16.3. The molecule has 0 N–H and O–H groups in total. The fourth-order valence-electron chi connectivity index (χ4n) is 3.02. The van der Waals surface area contributed by atoms with Crippen LogP contribution in [-0.4, -0.2) is 19.4 Å². The van der Waals surface area contributed by atoms with Gasteiger partial charge >= 0.3 is 0 Å². The van der Waals surface area contributed by atoms with Crippen molar-refractivity contribution in [2.75, 3.05) is 24.3 Å². The zero-order valence-corrected chi connectivity index (χ0v) is 15.2. The lowest BCUT2D eigenvalue weighted by Crippen LogP contribution is -2.33. The van der Waals surface area contributed by atoms with E-state index in [1.54, 1.807) is 7.11 Å². The number of hydrogen-bond donors (Lipinski definition) is 0. The van der Waals surface area contributed by atoms with E-state index in [4.69, 9.17) is 4.74 Å². The summed E-state index contributed by atoms with van der Waals surface area (Å²) in [5, 5.41) is 0. The fourth-order valence-corrected chi connectivity index (χ4v) is 4.32. The van der Waals surface area contributed by atoms with E-state index in [1.807, 2.05) is 11.8 Å². The van der Waals surface area contributed by atoms with Crippen LogP contribution in [0.3, 0.4) is 0 Å². The van der Waals surface area contributed by atoms with Gasteiger partial charge in [-0.15, -0.1) is 11.8 Å². The molecule has 2 aromatic carbocycles. The van der Waals surface area contributed by atoms with Crippen LogP contribution in [0.1, 0.15) is 25.8 Å². The van der Waals surface area contributed by atoms with Gasteiger partial charge in [0.25, 0.3) is 0 Å². The van der Waals surface area contributed by atoms with Crippen molar-refractivity contribution in [2.45, 2.75) is 32.1 Å². The number of hydrogen-bond acceptors (Lipinski definition) is 3. The van der Waals surface area contributed by atoms with Gasteiger partial charge in [-0.1, -0.05) is 32.0 Å². The van der Waals surface area contributed by atoms with Crippen LogP contribution >= 0.6 is 11.8 Å². The molecule has 1 aliphatic rings. The zero-order valence-electron chi connectivity index (χ0n) is 14.4. The number of thioether (sulfide) groups is 1. The zero-order chi connectivity index (χ0) is 16.4. The Hall–Kier alpha value is -1.61. The molecule has 0 saturated heterocycles. The summed E-state index contributed by atoms with van der Waals surface area (Å²) in [5.74, 6) is 2.11. The average Bonchev–Trinajstić information content (AvgIpc) is 2.73. The lowest BCUT2D eigenvalue weighted by Gasteiger charge is -2.33. The smallest absolute Gasteiger partial charge is 0.123 e. The SMILES string of the molecule is CCC1(C)CSc2cc(OC)c(C)cc2N(c2ccccc2)C1. The number of benzene rings is 2. The van der Waals surface area contributed by atoms with E-state index in [9.17, 15) is 0 Å². The summed E-state index contributed by atoms with van der Waals surface area (Å²) in [4.78, 5) is 3.79. The Morgan fingerprint density at radius 1 is 1.22 bits per heavy atom. The highest BCUT2D eigenvalue weighted by Crippen LogP contribution is 2.46. The second-order valence-corrected chi connectivity index (χ2v) is 7.68. The molecule has 0 aliphatic carbocycles. The van der Waals surface area contributed by atoms with Crippen molar-refractivity contribution in [3.8, 4) is 5.75 Å². The van der Waals surface area contributed by atoms with Crippen LogP contribution in [0.4, 0.5) is 11.4 Å². The second kappa shape index (κ2) is 6.48. The van der Waals surface area contributed by atoms with Gasteiger partial charge in [-0.2, -0.15) is 0 Å². The van der Waals surface area contributed by atoms with E-state index in [0.29, 0.717) is 5.41 Å². The van der Waals surface area contributed by atoms with Crippen LogP contribution in [0.25, 0.3) is 0 Å². The van der Waals surface area contributed by atoms with Crippen LogP contribution < -0.4 is 9.64 Å². The van der Waals surface area contributed by atoms with Crippen LogP contribution in [0, 0.1) is 12.3 Å². The second-order valence-electron chi connectivity index (χ2n) is 6.66. The Morgan fingerprint density at radius 3 is 2.61 bits per heavy atom. The van der Waals surface area contributed by atoms with Crippen LogP contribution in [0.5, 0.6) is 5.75 Å². The van der Waals surface area contributed by atoms with Gasteiger partial charge in [0.15, 0.2) is 0 Å². The summed E-state index contributed by atoms with van der Waals surface area (Å²) in [7, 11) is 1.75. The minimum absolute atomic E-state index is 0.292. The van der Waals surface area contributed by atoms with Crippen molar-refractivity contribution in [2.24, 2.45) is 5.41 Å². The van der Waals surface area contributed by atoms with Crippen molar-refractivity contribution in [3.63, 3.8) is 0 Å². The molecule has 0 fully saturated rings. The number of para-hydroxylation sites is 1. The molecule has 1 atom stereocenters. The van der Waals surface area contributed by atoms with E-state index >= 15 is 0 Å². The quantitative estimate of drug-likeness (QED) is 0.721. The van der Waals surface area contributed by atoms with E-state index in [1.165, 1.54) is 28.3 Å². The molecule has 2 nitrogen and oxygen atoms in total. The topological polar surface area (TPSA) is 12.5 Å². The van der Waals surface area contributed by atoms with Crippen molar-refractivity contribution in [1.29, 1.82) is 0 Å². The fraction of sp³-hybridized carbons (Fsp3) is 0.400. The number of anilines is 2. The van der Waals surface area contributed by atoms with Crippen LogP contribution in [-0.2, 0) is 0 Å². The maximum absolute atomic E-state index is 5.54. The van der Waals surface area contributed by atoms with Gasteiger partial charge in [-0.25, -0.2) is 0 Å². The predicted octanol–water partition coefficient (Wildman–Crippen LogP) is 5.66. The van der Waals surface area contributed by atoms with E-state index in [2.05, 4.69) is 68.1 Å². The third kappa shape index (κ3) is 3.20. The van der Waals surface area contributed by atoms with Crippen molar-refractivity contribution >= 4 is 23.1 Å². The van der Waals surface area contributed by atoms with Crippen molar-refractivity contribution < 1.29 is 4.74 Å². The predicted molar refractivity (Wildman–Crippen MR) is 100 cm³/mol. The van der Waals surface area contributed by atoms with E-state index in [-0.39, 0.29) is 0 Å². The summed E-state index contributed by atoms with van der Waals surface area (Å²) in [6.07, 6.45) is 1.17. The molecule has 122 valence electrons. The molecule has 23 heavy (non-hydrogen) atoms. The molecule has 3 rings (SSSR count). The third-order valence-corrected chi connectivity index (χ3v) is 6.28. The van der Waals surface area contributed by atoms with Gasteiger partial charge in [0, 0.05) is 22.9 Å². The summed E-state index contributed by atoms with van der Waals surface area (Å²) < 4.78 is 5.54. The van der Waals surface area contributed by atoms with Gasteiger partial charge in [0.1, 0.15) is 5.75 Å². The average molecular weight is 327 g/mol. The summed E-state index contributed by atoms with van der Waals surface area (Å²) in [6, 6.07) is 15.2. The Morgan fingerprint density at radius 2 is 1.96 bits per heavy atom. The highest BCUT2D eigenvalue weighted by atomic mass is 32.2. The Kier molecular flexibility index (Phi) is 4.58. The molecule has 0 bridgehead atoms. The maximum Gasteiger partial charge on any atom is 0.123 e. The van der Waals surface area contributed by atoms with E-state index < -0.39 is 0 Å². The van der Waals surface area contributed by atoms with Crippen molar-refractivity contribution in [1.82, 2.24) is 0 Å². The lowest BCUT2D eigenvalue weighted by atomic mass is 9.89. The molecule has 1 unspecified atom stereocenters. The largest absolute Gasteiger partial charge is 0.496 e. The summed E-state index contributed by atoms with van der Waals surface area (Å²) in [5.41, 5.74) is 4.05. The number of fused-ring (bicyclic) bond motifs is 1. The number of ether oxygens (including phenoxy) is 1. The minimum Gasteiger partial charge on any atom is -0.496 e. The number of rotatable bonds is 3. The highest BCUT2D eigenvalue weighted by molar-refractivity contribution is 7.99. The number of methoxy groups -OCH3 is 1. The molecule has 1 aliphatic heterocycles. The first-order chi connectivity index (χ1) is 11.1. The first-order valence-corrected chi connectivity index (χ1v) is 9.19. The first-order valence-electron chi connectivity index (χ1n) is 8.20. The van der Waals surface area contributed by atoms with Gasteiger partial charge in [0.05, 0.1) is 12.8 Å². The monoisotopic (exact) mass is 327 g/mol. The minimum atomic E-state index is 0.292. The molecule has 3 heteroatoms. The van der Waals surface area contributed by atoms with E-state index in [0.717, 1.165) is 18.0 Å². The van der Waals surface area contributed by atoms with Gasteiger partial charge in [0.2, 0.25) is 0 Å². The van der Waals surface area contributed by atoms with Crippen LogP contribution in [0.2, 0.25) is 0 Å². The Balaban J connectivity index is 2.13. The Labute approximate surface area is 143 Å². The highest BCUT2D eigenvalue weighted by Gasteiger charge is 2.31. The molecule has 0 saturated carbocycles. The van der Waals surface area contributed by atoms with Gasteiger partial charge in [-0.3, -0.25) is 0 Å². The molecular weight excluding hydrogens is 302 g/mol. The lowest BCUT2D eigenvalue weighted by molar-refractivity contribution is 0.373. The van der Waals surface area contributed by atoms with Crippen molar-refractivity contribution in [3.05, 3.63) is 48.0 Å². The molecule has 0 aromatic heterocycles. The Bertz CT molecular complexity index is 686. The molecule has 0 amide bonds. The summed E-state index contributed by atoms with van der Waals surface area (Å²) in [6.45, 7) is 7.85. The standard InChI is InChI=1S/C20H25NOS/c1-5-20(3)13-21(16-9-7-6-8-10-16)17-11-15(2)18(22-4)12-19(17)23-14-20/h6-12H,5,13-14H2,1-4H3.